The zero-order valence-corrected chi connectivity index (χ0v) is 14.0. The van der Waals surface area contributed by atoms with Crippen molar-refractivity contribution in [3.8, 4) is 0 Å². The highest BCUT2D eigenvalue weighted by atomic mass is 16.5. The SMILES string of the molecule is CCNC(Cc1nc(C(OCC)C2CC2)no1)C(C)(C)C. The second-order valence-electron chi connectivity index (χ2n) is 6.94. The lowest BCUT2D eigenvalue weighted by atomic mass is 9.84. The average Bonchev–Trinajstić information content (AvgIpc) is 3.14. The molecule has 1 saturated carbocycles. The average molecular weight is 295 g/mol. The fourth-order valence-corrected chi connectivity index (χ4v) is 2.57. The number of rotatable bonds is 8. The maximum Gasteiger partial charge on any atom is 0.228 e. The van der Waals surface area contributed by atoms with Gasteiger partial charge in [0.2, 0.25) is 11.7 Å². The standard InChI is InChI=1S/C16H29N3O2/c1-6-17-12(16(3,4)5)10-13-18-15(19-21-13)14(20-7-2)11-8-9-11/h11-12,14,17H,6-10H2,1-5H3. The van der Waals surface area contributed by atoms with E-state index in [1.54, 1.807) is 0 Å². The maximum atomic E-state index is 5.78. The van der Waals surface area contributed by atoms with Gasteiger partial charge in [0.25, 0.3) is 0 Å². The van der Waals surface area contributed by atoms with E-state index in [2.05, 4.69) is 43.2 Å². The van der Waals surface area contributed by atoms with E-state index in [0.29, 0.717) is 24.5 Å². The Hall–Kier alpha value is -0.940. The van der Waals surface area contributed by atoms with Crippen molar-refractivity contribution in [2.24, 2.45) is 11.3 Å². The van der Waals surface area contributed by atoms with Crippen LogP contribution in [0.15, 0.2) is 4.52 Å². The van der Waals surface area contributed by atoms with Crippen LogP contribution < -0.4 is 5.32 Å². The van der Waals surface area contributed by atoms with E-state index in [9.17, 15) is 0 Å². The lowest BCUT2D eigenvalue weighted by Crippen LogP contribution is -2.41. The van der Waals surface area contributed by atoms with Gasteiger partial charge < -0.3 is 14.6 Å². The number of hydrogen-bond donors (Lipinski definition) is 1. The summed E-state index contributed by atoms with van der Waals surface area (Å²) in [6.45, 7) is 12.4. The molecule has 1 aliphatic carbocycles. The molecule has 5 nitrogen and oxygen atoms in total. The van der Waals surface area contributed by atoms with E-state index in [-0.39, 0.29) is 11.5 Å². The Balaban J connectivity index is 2.04. The first-order chi connectivity index (χ1) is 9.95. The molecule has 2 rings (SSSR count). The van der Waals surface area contributed by atoms with Crippen LogP contribution in [-0.2, 0) is 11.2 Å². The molecule has 21 heavy (non-hydrogen) atoms. The van der Waals surface area contributed by atoms with Crippen LogP contribution in [0, 0.1) is 11.3 Å². The van der Waals surface area contributed by atoms with Crippen molar-refractivity contribution in [1.29, 1.82) is 0 Å². The molecular formula is C16H29N3O2. The molecule has 1 aromatic rings. The van der Waals surface area contributed by atoms with Crippen LogP contribution >= 0.6 is 0 Å². The molecule has 1 fully saturated rings. The van der Waals surface area contributed by atoms with Gasteiger partial charge in [0.15, 0.2) is 0 Å². The van der Waals surface area contributed by atoms with Crippen LogP contribution in [0.2, 0.25) is 0 Å². The first-order valence-corrected chi connectivity index (χ1v) is 8.13. The predicted molar refractivity (Wildman–Crippen MR) is 82.0 cm³/mol. The fraction of sp³-hybridized carbons (Fsp3) is 0.875. The largest absolute Gasteiger partial charge is 0.370 e. The van der Waals surface area contributed by atoms with Crippen molar-refractivity contribution in [3.63, 3.8) is 0 Å². The summed E-state index contributed by atoms with van der Waals surface area (Å²) >= 11 is 0. The smallest absolute Gasteiger partial charge is 0.228 e. The summed E-state index contributed by atoms with van der Waals surface area (Å²) in [7, 11) is 0. The first-order valence-electron chi connectivity index (χ1n) is 8.13. The van der Waals surface area contributed by atoms with E-state index in [1.807, 2.05) is 6.92 Å². The van der Waals surface area contributed by atoms with Crippen molar-refractivity contribution in [1.82, 2.24) is 15.5 Å². The van der Waals surface area contributed by atoms with Gasteiger partial charge in [-0.2, -0.15) is 4.98 Å². The second-order valence-corrected chi connectivity index (χ2v) is 6.94. The Morgan fingerprint density at radius 3 is 2.57 bits per heavy atom. The molecule has 0 aromatic carbocycles. The highest BCUT2D eigenvalue weighted by Gasteiger charge is 2.36. The molecule has 2 atom stereocenters. The minimum Gasteiger partial charge on any atom is -0.370 e. The van der Waals surface area contributed by atoms with Gasteiger partial charge in [-0.25, -0.2) is 0 Å². The minimum atomic E-state index is 0.0136. The molecule has 0 radical (unpaired) electrons. The summed E-state index contributed by atoms with van der Waals surface area (Å²) in [5.74, 6) is 2.00. The van der Waals surface area contributed by atoms with E-state index in [0.717, 1.165) is 18.8 Å². The van der Waals surface area contributed by atoms with Crippen molar-refractivity contribution >= 4 is 0 Å². The molecule has 0 amide bonds. The van der Waals surface area contributed by atoms with Crippen LogP contribution in [0.3, 0.4) is 0 Å². The normalized spacial score (nSPS) is 18.7. The summed E-state index contributed by atoms with van der Waals surface area (Å²) < 4.78 is 11.2. The van der Waals surface area contributed by atoms with Gasteiger partial charge >= 0.3 is 0 Å². The molecular weight excluding hydrogens is 266 g/mol. The topological polar surface area (TPSA) is 60.2 Å². The zero-order valence-electron chi connectivity index (χ0n) is 14.0. The second kappa shape index (κ2) is 6.88. The summed E-state index contributed by atoms with van der Waals surface area (Å²) in [5, 5.41) is 7.66. The molecule has 120 valence electrons. The van der Waals surface area contributed by atoms with Crippen LogP contribution in [0.25, 0.3) is 0 Å². The van der Waals surface area contributed by atoms with Gasteiger partial charge in [-0.3, -0.25) is 0 Å². The van der Waals surface area contributed by atoms with Gasteiger partial charge in [0.05, 0.1) is 0 Å². The predicted octanol–water partition coefficient (Wildman–Crippen LogP) is 3.12. The lowest BCUT2D eigenvalue weighted by molar-refractivity contribution is 0.0384. The Morgan fingerprint density at radius 2 is 2.05 bits per heavy atom. The van der Waals surface area contributed by atoms with Crippen LogP contribution in [-0.4, -0.2) is 29.3 Å². The Labute approximate surface area is 127 Å². The van der Waals surface area contributed by atoms with Crippen molar-refractivity contribution in [2.45, 2.75) is 66.0 Å². The fourth-order valence-electron chi connectivity index (χ4n) is 2.57. The Kier molecular flexibility index (Phi) is 5.38. The van der Waals surface area contributed by atoms with Crippen molar-refractivity contribution < 1.29 is 9.26 Å². The van der Waals surface area contributed by atoms with Gasteiger partial charge in [-0.1, -0.05) is 32.9 Å². The number of nitrogens with one attached hydrogen (secondary N) is 1. The summed E-state index contributed by atoms with van der Waals surface area (Å²) in [4.78, 5) is 4.58. The molecule has 0 saturated heterocycles. The third-order valence-electron chi connectivity index (χ3n) is 4.01. The third kappa shape index (κ3) is 4.51. The van der Waals surface area contributed by atoms with Crippen LogP contribution in [0.5, 0.6) is 0 Å². The Bertz CT molecular complexity index is 435. The summed E-state index contributed by atoms with van der Waals surface area (Å²) in [6.07, 6.45) is 3.18. The quantitative estimate of drug-likeness (QED) is 0.798. The van der Waals surface area contributed by atoms with Crippen molar-refractivity contribution in [3.05, 3.63) is 11.7 Å². The van der Waals surface area contributed by atoms with E-state index in [1.165, 1.54) is 12.8 Å². The zero-order chi connectivity index (χ0) is 15.5. The molecule has 1 heterocycles. The monoisotopic (exact) mass is 295 g/mol. The highest BCUT2D eigenvalue weighted by molar-refractivity contribution is 5.00. The van der Waals surface area contributed by atoms with E-state index < -0.39 is 0 Å². The van der Waals surface area contributed by atoms with E-state index >= 15 is 0 Å². The molecule has 0 bridgehead atoms. The van der Waals surface area contributed by atoms with Gasteiger partial charge in [-0.05, 0) is 37.6 Å². The number of likely N-dealkylation sites (N-methyl/N-ethyl adjacent to an activating group) is 1. The van der Waals surface area contributed by atoms with Gasteiger partial charge in [0.1, 0.15) is 6.10 Å². The number of aromatic nitrogens is 2. The molecule has 5 heteroatoms. The molecule has 1 aromatic heterocycles. The Morgan fingerprint density at radius 1 is 1.33 bits per heavy atom. The molecule has 0 aliphatic heterocycles. The summed E-state index contributed by atoms with van der Waals surface area (Å²) in [6, 6.07) is 0.322. The first kappa shape index (κ1) is 16.4. The number of nitrogens with zero attached hydrogens (tertiary/aromatic N) is 2. The lowest BCUT2D eigenvalue weighted by Gasteiger charge is -2.30. The van der Waals surface area contributed by atoms with E-state index in [4.69, 9.17) is 9.26 Å². The highest BCUT2D eigenvalue weighted by Crippen LogP contribution is 2.42. The number of ether oxygens (including phenoxy) is 1. The van der Waals surface area contributed by atoms with Gasteiger partial charge in [-0.15, -0.1) is 0 Å². The molecule has 2 unspecified atom stereocenters. The van der Waals surface area contributed by atoms with Crippen molar-refractivity contribution in [2.75, 3.05) is 13.2 Å². The molecule has 0 spiro atoms. The molecule has 1 N–H and O–H groups in total. The van der Waals surface area contributed by atoms with Crippen LogP contribution in [0.1, 0.15) is 65.3 Å². The van der Waals surface area contributed by atoms with Crippen LogP contribution in [0.4, 0.5) is 0 Å². The minimum absolute atomic E-state index is 0.0136. The third-order valence-corrected chi connectivity index (χ3v) is 4.01. The maximum absolute atomic E-state index is 5.78. The number of hydrogen-bond acceptors (Lipinski definition) is 5. The molecule has 1 aliphatic rings. The van der Waals surface area contributed by atoms with Gasteiger partial charge in [0, 0.05) is 19.1 Å². The summed E-state index contributed by atoms with van der Waals surface area (Å²) in [5.41, 5.74) is 0.153.